The average Bonchev–Trinajstić information content (AvgIpc) is 2.95. The molecule has 1 aromatic carbocycles. The predicted molar refractivity (Wildman–Crippen MR) is 104 cm³/mol. The molecule has 0 unspecified atom stereocenters. The molecule has 3 aliphatic heterocycles. The number of piperidine rings is 1. The molecule has 2 bridgehead atoms. The number of aliphatic hydroxyl groups is 1. The molecule has 142 valence electrons. The maximum Gasteiger partial charge on any atom is 0.251 e. The molecule has 0 atom stereocenters. The summed E-state index contributed by atoms with van der Waals surface area (Å²) in [6.07, 6.45) is 5.60. The van der Waals surface area contributed by atoms with Crippen LogP contribution >= 0.6 is 0 Å². The van der Waals surface area contributed by atoms with Gasteiger partial charge in [-0.25, -0.2) is 0 Å². The van der Waals surface area contributed by atoms with Gasteiger partial charge in [-0.15, -0.1) is 0 Å². The second-order valence-electron chi connectivity index (χ2n) is 8.46. The van der Waals surface area contributed by atoms with Gasteiger partial charge in [-0.05, 0) is 50.3 Å². The lowest BCUT2D eigenvalue weighted by Crippen LogP contribution is -2.44. The first kappa shape index (κ1) is 17.8. The number of hydrogen-bond donors (Lipinski definition) is 2. The summed E-state index contributed by atoms with van der Waals surface area (Å²) in [5.74, 6) is -0.00746. The van der Waals surface area contributed by atoms with Crippen LogP contribution in [-0.2, 0) is 0 Å². The number of amides is 1. The van der Waals surface area contributed by atoms with E-state index in [-0.39, 0.29) is 17.9 Å². The molecule has 3 heterocycles. The lowest BCUT2D eigenvalue weighted by molar-refractivity contribution is 0.0429. The molecule has 5 heteroatoms. The number of anilines is 1. The lowest BCUT2D eigenvalue weighted by Gasteiger charge is -2.40. The number of rotatable bonds is 5. The normalized spacial score (nSPS) is 26.9. The Balaban J connectivity index is 1.49. The van der Waals surface area contributed by atoms with Gasteiger partial charge in [-0.1, -0.05) is 12.5 Å². The molecular formula is C21H31N3O2. The molecule has 1 aromatic rings. The molecule has 0 spiro atoms. The molecule has 0 radical (unpaired) electrons. The highest BCUT2D eigenvalue weighted by Gasteiger charge is 2.36. The molecule has 3 saturated heterocycles. The number of hydrogen-bond acceptors (Lipinski definition) is 4. The van der Waals surface area contributed by atoms with Crippen LogP contribution in [0.1, 0.15) is 48.0 Å². The number of nitrogens with zero attached hydrogens (tertiary/aromatic N) is 2. The quantitative estimate of drug-likeness (QED) is 0.848. The van der Waals surface area contributed by atoms with E-state index in [4.69, 9.17) is 0 Å². The zero-order valence-corrected chi connectivity index (χ0v) is 15.8. The van der Waals surface area contributed by atoms with Gasteiger partial charge in [0.2, 0.25) is 0 Å². The molecule has 4 fully saturated rings. The van der Waals surface area contributed by atoms with E-state index in [0.717, 1.165) is 43.5 Å². The summed E-state index contributed by atoms with van der Waals surface area (Å²) in [5.41, 5.74) is 2.88. The van der Waals surface area contributed by atoms with E-state index in [2.05, 4.69) is 33.3 Å². The summed E-state index contributed by atoms with van der Waals surface area (Å²) in [6.45, 7) is 7.30. The van der Waals surface area contributed by atoms with Gasteiger partial charge < -0.3 is 20.2 Å². The Morgan fingerprint density at radius 3 is 2.65 bits per heavy atom. The zero-order chi connectivity index (χ0) is 18.1. The van der Waals surface area contributed by atoms with Crippen LogP contribution in [0, 0.1) is 12.3 Å². The van der Waals surface area contributed by atoms with Crippen LogP contribution in [0.3, 0.4) is 0 Å². The highest BCUT2D eigenvalue weighted by molar-refractivity contribution is 5.96. The van der Waals surface area contributed by atoms with Crippen LogP contribution in [0.5, 0.6) is 0 Å². The molecular weight excluding hydrogens is 326 g/mol. The second kappa shape index (κ2) is 7.20. The Hall–Kier alpha value is -1.59. The summed E-state index contributed by atoms with van der Waals surface area (Å²) in [4.78, 5) is 17.9. The minimum Gasteiger partial charge on any atom is -0.396 e. The van der Waals surface area contributed by atoms with Crippen molar-refractivity contribution >= 4 is 11.6 Å². The second-order valence-corrected chi connectivity index (χ2v) is 8.46. The Bertz CT molecular complexity index is 658. The monoisotopic (exact) mass is 357 g/mol. The summed E-state index contributed by atoms with van der Waals surface area (Å²) in [5, 5.41) is 12.7. The molecule has 0 aromatic heterocycles. The van der Waals surface area contributed by atoms with E-state index >= 15 is 0 Å². The van der Waals surface area contributed by atoms with E-state index in [1.807, 2.05) is 6.92 Å². The number of aryl methyl sites for hydroxylation is 1. The van der Waals surface area contributed by atoms with E-state index in [1.54, 1.807) is 0 Å². The van der Waals surface area contributed by atoms with Crippen molar-refractivity contribution in [2.45, 2.75) is 45.1 Å². The maximum atomic E-state index is 12.8. The van der Waals surface area contributed by atoms with Crippen molar-refractivity contribution in [2.24, 2.45) is 5.41 Å². The third-order valence-corrected chi connectivity index (χ3v) is 6.83. The Morgan fingerprint density at radius 1 is 1.23 bits per heavy atom. The van der Waals surface area contributed by atoms with E-state index < -0.39 is 0 Å². The molecule has 5 nitrogen and oxygen atoms in total. The zero-order valence-electron chi connectivity index (χ0n) is 15.8. The van der Waals surface area contributed by atoms with Gasteiger partial charge in [-0.2, -0.15) is 0 Å². The van der Waals surface area contributed by atoms with Gasteiger partial charge in [0.05, 0.1) is 6.61 Å². The van der Waals surface area contributed by atoms with Crippen molar-refractivity contribution in [3.8, 4) is 0 Å². The van der Waals surface area contributed by atoms with Crippen LogP contribution in [0.15, 0.2) is 18.2 Å². The topological polar surface area (TPSA) is 55.8 Å². The summed E-state index contributed by atoms with van der Waals surface area (Å²) < 4.78 is 0. The minimum atomic E-state index is -0.0841. The summed E-state index contributed by atoms with van der Waals surface area (Å²) in [7, 11) is 0. The lowest BCUT2D eigenvalue weighted by atomic mass is 9.69. The molecule has 1 aliphatic carbocycles. The highest BCUT2D eigenvalue weighted by Crippen LogP contribution is 2.39. The van der Waals surface area contributed by atoms with Gasteiger partial charge in [0.15, 0.2) is 0 Å². The molecule has 26 heavy (non-hydrogen) atoms. The molecule has 1 amide bonds. The first-order valence-corrected chi connectivity index (χ1v) is 10.1. The fraction of sp³-hybridized carbons (Fsp3) is 0.667. The van der Waals surface area contributed by atoms with Crippen molar-refractivity contribution < 1.29 is 9.90 Å². The first-order valence-electron chi connectivity index (χ1n) is 10.1. The van der Waals surface area contributed by atoms with Gasteiger partial charge in [-0.3, -0.25) is 4.79 Å². The van der Waals surface area contributed by atoms with Crippen molar-refractivity contribution in [2.75, 3.05) is 44.2 Å². The van der Waals surface area contributed by atoms with Gasteiger partial charge in [0, 0.05) is 55.4 Å². The van der Waals surface area contributed by atoms with Gasteiger partial charge in [0.25, 0.3) is 5.91 Å². The van der Waals surface area contributed by atoms with E-state index in [1.165, 1.54) is 31.6 Å². The van der Waals surface area contributed by atoms with Gasteiger partial charge >= 0.3 is 0 Å². The smallest absolute Gasteiger partial charge is 0.251 e. The molecule has 5 rings (SSSR count). The largest absolute Gasteiger partial charge is 0.396 e. The number of carbonyl (C=O) groups excluding carboxylic acids is 1. The third-order valence-electron chi connectivity index (χ3n) is 6.83. The van der Waals surface area contributed by atoms with Crippen molar-refractivity contribution in [1.29, 1.82) is 0 Å². The fourth-order valence-corrected chi connectivity index (χ4v) is 4.69. The van der Waals surface area contributed by atoms with Crippen LogP contribution in [0.2, 0.25) is 0 Å². The minimum absolute atomic E-state index is 0.00746. The number of benzene rings is 1. The standard InChI is InChI=1S/C21H31N3O2/c1-16-3-4-18(24-12-11-23-9-5-17(24)6-10-23)13-19(16)20(26)22-14-21(15-25)7-2-8-21/h3-4,13,17,25H,2,5-12,14-15H2,1H3,(H,22,26). The van der Waals surface area contributed by atoms with E-state index in [0.29, 0.717) is 12.6 Å². The maximum absolute atomic E-state index is 12.8. The summed E-state index contributed by atoms with van der Waals surface area (Å²) >= 11 is 0. The average molecular weight is 357 g/mol. The van der Waals surface area contributed by atoms with Crippen molar-refractivity contribution in [3.63, 3.8) is 0 Å². The van der Waals surface area contributed by atoms with Crippen molar-refractivity contribution in [3.05, 3.63) is 29.3 Å². The van der Waals surface area contributed by atoms with Crippen LogP contribution in [-0.4, -0.2) is 61.3 Å². The first-order chi connectivity index (χ1) is 12.6. The Morgan fingerprint density at radius 2 is 2.00 bits per heavy atom. The number of nitrogens with one attached hydrogen (secondary N) is 1. The van der Waals surface area contributed by atoms with Crippen LogP contribution < -0.4 is 10.2 Å². The van der Waals surface area contributed by atoms with E-state index in [9.17, 15) is 9.90 Å². The van der Waals surface area contributed by atoms with Crippen molar-refractivity contribution in [1.82, 2.24) is 10.2 Å². The fourth-order valence-electron chi connectivity index (χ4n) is 4.69. The van der Waals surface area contributed by atoms with Crippen LogP contribution in [0.25, 0.3) is 0 Å². The molecule has 2 N–H and O–H groups in total. The Kier molecular flexibility index (Phi) is 4.93. The highest BCUT2D eigenvalue weighted by atomic mass is 16.3. The van der Waals surface area contributed by atoms with Crippen LogP contribution in [0.4, 0.5) is 5.69 Å². The number of aliphatic hydroxyl groups excluding tert-OH is 1. The predicted octanol–water partition coefficient (Wildman–Crippen LogP) is 2.17. The summed E-state index contributed by atoms with van der Waals surface area (Å²) in [6, 6.07) is 6.92. The van der Waals surface area contributed by atoms with Gasteiger partial charge in [0.1, 0.15) is 0 Å². The molecule has 1 saturated carbocycles. The Labute approximate surface area is 156 Å². The number of fused-ring (bicyclic) bond motifs is 4. The third kappa shape index (κ3) is 3.35. The number of carbonyl (C=O) groups is 1. The SMILES string of the molecule is Cc1ccc(N2CCN3CCC2CC3)cc1C(=O)NCC1(CO)CCC1. The molecule has 4 aliphatic rings.